The second kappa shape index (κ2) is 7.45. The predicted octanol–water partition coefficient (Wildman–Crippen LogP) is 3.13. The zero-order valence-electron chi connectivity index (χ0n) is 12.6. The smallest absolute Gasteiger partial charge is 0.263 e. The third kappa shape index (κ3) is 3.88. The molecule has 1 aromatic heterocycles. The van der Waals surface area contributed by atoms with E-state index in [4.69, 9.17) is 17.0 Å². The van der Waals surface area contributed by atoms with Gasteiger partial charge in [0.25, 0.3) is 5.56 Å². The summed E-state index contributed by atoms with van der Waals surface area (Å²) in [7, 11) is 1.60. The number of ether oxygens (including phenoxy) is 1. The SMILES string of the molecule is C=CCn1c(O)c(C=C=Cc2ccc(OC)cc2)c(=O)[nH]c1=S. The Morgan fingerprint density at radius 2 is 2.09 bits per heavy atom. The Kier molecular flexibility index (Phi) is 5.36. The van der Waals surface area contributed by atoms with Gasteiger partial charge in [0.05, 0.1) is 7.11 Å². The first-order chi connectivity index (χ1) is 11.1. The highest BCUT2D eigenvalue weighted by atomic mass is 32.1. The third-order valence-corrected chi connectivity index (χ3v) is 3.43. The molecule has 1 aromatic carbocycles. The number of H-pyrrole nitrogens is 1. The Morgan fingerprint density at radius 1 is 1.39 bits per heavy atom. The fourth-order valence-corrected chi connectivity index (χ4v) is 2.18. The summed E-state index contributed by atoms with van der Waals surface area (Å²) < 4.78 is 6.60. The highest BCUT2D eigenvalue weighted by molar-refractivity contribution is 7.71. The molecule has 0 saturated carbocycles. The van der Waals surface area contributed by atoms with Crippen LogP contribution in [0.3, 0.4) is 0 Å². The van der Waals surface area contributed by atoms with Crippen LogP contribution in [-0.4, -0.2) is 21.8 Å². The van der Waals surface area contributed by atoms with Crippen LogP contribution in [0.15, 0.2) is 47.4 Å². The number of methoxy groups -OCH3 is 1. The Hall–Kier alpha value is -2.82. The molecule has 5 nitrogen and oxygen atoms in total. The molecule has 6 heteroatoms. The van der Waals surface area contributed by atoms with Crippen LogP contribution in [0.2, 0.25) is 0 Å². The lowest BCUT2D eigenvalue weighted by molar-refractivity contribution is 0.412. The number of aromatic hydroxyl groups is 1. The quantitative estimate of drug-likeness (QED) is 0.503. The van der Waals surface area contributed by atoms with Crippen molar-refractivity contribution in [2.75, 3.05) is 7.11 Å². The summed E-state index contributed by atoms with van der Waals surface area (Å²) in [4.78, 5) is 14.4. The number of nitrogens with zero attached hydrogens (tertiary/aromatic N) is 1. The van der Waals surface area contributed by atoms with Crippen molar-refractivity contribution >= 4 is 24.4 Å². The average molecular weight is 328 g/mol. The lowest BCUT2D eigenvalue weighted by Crippen LogP contribution is -2.16. The van der Waals surface area contributed by atoms with Crippen molar-refractivity contribution in [2.45, 2.75) is 6.54 Å². The number of rotatable bonds is 5. The number of aromatic amines is 1. The summed E-state index contributed by atoms with van der Waals surface area (Å²) in [5.74, 6) is 0.543. The summed E-state index contributed by atoms with van der Waals surface area (Å²) >= 11 is 5.01. The van der Waals surface area contributed by atoms with Crippen LogP contribution in [0.5, 0.6) is 11.6 Å². The van der Waals surface area contributed by atoms with Gasteiger partial charge in [-0.2, -0.15) is 0 Å². The van der Waals surface area contributed by atoms with Crippen molar-refractivity contribution in [3.63, 3.8) is 0 Å². The molecule has 0 fully saturated rings. The Labute approximate surface area is 138 Å². The first-order valence-electron chi connectivity index (χ1n) is 6.80. The highest BCUT2D eigenvalue weighted by Crippen LogP contribution is 2.15. The molecular formula is C17H16N2O3S. The standard InChI is InChI=1S/C17H16N2O3S/c1-3-11-19-16(21)14(15(20)18-17(19)23)6-4-5-12-7-9-13(22-2)10-8-12/h3,5-10,21H,1,11H2,2H3,(H,18,20,23). The van der Waals surface area contributed by atoms with Crippen LogP contribution in [0.25, 0.3) is 12.2 Å². The molecule has 2 N–H and O–H groups in total. The molecule has 0 radical (unpaired) electrons. The van der Waals surface area contributed by atoms with Gasteiger partial charge in [-0.15, -0.1) is 12.3 Å². The van der Waals surface area contributed by atoms with Crippen molar-refractivity contribution in [3.8, 4) is 11.6 Å². The van der Waals surface area contributed by atoms with E-state index in [1.165, 1.54) is 10.6 Å². The number of aromatic nitrogens is 2. The zero-order chi connectivity index (χ0) is 16.8. The molecule has 118 valence electrons. The van der Waals surface area contributed by atoms with Crippen LogP contribution < -0.4 is 10.3 Å². The molecule has 0 aliphatic carbocycles. The fourth-order valence-electron chi connectivity index (χ4n) is 1.92. The van der Waals surface area contributed by atoms with Crippen LogP contribution >= 0.6 is 12.2 Å². The minimum Gasteiger partial charge on any atom is -0.497 e. The van der Waals surface area contributed by atoms with Crippen LogP contribution in [-0.2, 0) is 6.54 Å². The Bertz CT molecular complexity index is 886. The molecular weight excluding hydrogens is 312 g/mol. The van der Waals surface area contributed by atoms with Gasteiger partial charge >= 0.3 is 0 Å². The molecule has 0 amide bonds. The Balaban J connectivity index is 2.40. The van der Waals surface area contributed by atoms with E-state index in [1.54, 1.807) is 19.3 Å². The summed E-state index contributed by atoms with van der Waals surface area (Å²) in [6.45, 7) is 3.89. The minimum atomic E-state index is -0.469. The summed E-state index contributed by atoms with van der Waals surface area (Å²) in [5.41, 5.74) is 3.39. The van der Waals surface area contributed by atoms with E-state index in [9.17, 15) is 9.90 Å². The van der Waals surface area contributed by atoms with Crippen molar-refractivity contribution in [3.05, 3.63) is 68.9 Å². The number of benzene rings is 1. The fraction of sp³-hybridized carbons (Fsp3) is 0.118. The van der Waals surface area contributed by atoms with Gasteiger partial charge in [-0.3, -0.25) is 14.3 Å². The summed E-state index contributed by atoms with van der Waals surface area (Å²) in [6, 6.07) is 7.35. The second-order valence-corrected chi connectivity index (χ2v) is 5.01. The molecule has 0 saturated heterocycles. The average Bonchev–Trinajstić information content (AvgIpc) is 2.55. The van der Waals surface area contributed by atoms with Crippen molar-refractivity contribution < 1.29 is 9.84 Å². The van der Waals surface area contributed by atoms with E-state index >= 15 is 0 Å². The normalized spacial score (nSPS) is 9.78. The molecule has 23 heavy (non-hydrogen) atoms. The maximum absolute atomic E-state index is 11.9. The van der Waals surface area contributed by atoms with Gasteiger partial charge in [0, 0.05) is 6.54 Å². The molecule has 2 aromatic rings. The number of nitrogens with one attached hydrogen (secondary N) is 1. The van der Waals surface area contributed by atoms with Gasteiger partial charge < -0.3 is 9.84 Å². The van der Waals surface area contributed by atoms with E-state index in [-0.39, 0.29) is 16.2 Å². The molecule has 0 bridgehead atoms. The lowest BCUT2D eigenvalue weighted by Gasteiger charge is -2.08. The molecule has 0 atom stereocenters. The van der Waals surface area contributed by atoms with Gasteiger partial charge in [0.15, 0.2) is 4.77 Å². The molecule has 0 aliphatic rings. The first-order valence-corrected chi connectivity index (χ1v) is 7.21. The van der Waals surface area contributed by atoms with Gasteiger partial charge in [0.1, 0.15) is 11.3 Å². The van der Waals surface area contributed by atoms with Gasteiger partial charge in [-0.25, -0.2) is 0 Å². The number of allylic oxidation sites excluding steroid dienone is 1. The molecule has 0 unspecified atom stereocenters. The lowest BCUT2D eigenvalue weighted by atomic mass is 10.2. The van der Waals surface area contributed by atoms with Crippen LogP contribution in [0.1, 0.15) is 11.1 Å². The van der Waals surface area contributed by atoms with E-state index in [1.807, 2.05) is 24.3 Å². The highest BCUT2D eigenvalue weighted by Gasteiger charge is 2.08. The zero-order valence-corrected chi connectivity index (χ0v) is 13.4. The minimum absolute atomic E-state index is 0.0882. The van der Waals surface area contributed by atoms with Gasteiger partial charge in [-0.1, -0.05) is 18.2 Å². The van der Waals surface area contributed by atoms with Crippen molar-refractivity contribution in [1.29, 1.82) is 0 Å². The van der Waals surface area contributed by atoms with Crippen molar-refractivity contribution in [2.24, 2.45) is 0 Å². The molecule has 0 spiro atoms. The van der Waals surface area contributed by atoms with Gasteiger partial charge in [-0.05, 0) is 42.1 Å². The topological polar surface area (TPSA) is 67.2 Å². The van der Waals surface area contributed by atoms with E-state index in [0.29, 0.717) is 6.54 Å². The van der Waals surface area contributed by atoms with E-state index in [2.05, 4.69) is 17.3 Å². The van der Waals surface area contributed by atoms with Gasteiger partial charge in [0.2, 0.25) is 5.88 Å². The second-order valence-electron chi connectivity index (χ2n) is 4.62. The van der Waals surface area contributed by atoms with E-state index in [0.717, 1.165) is 11.3 Å². The molecule has 0 aliphatic heterocycles. The maximum atomic E-state index is 11.9. The third-order valence-electron chi connectivity index (χ3n) is 3.11. The monoisotopic (exact) mass is 328 g/mol. The molecule has 1 heterocycles. The number of hydrogen-bond donors (Lipinski definition) is 2. The van der Waals surface area contributed by atoms with Crippen molar-refractivity contribution in [1.82, 2.24) is 9.55 Å². The maximum Gasteiger partial charge on any atom is 0.263 e. The largest absolute Gasteiger partial charge is 0.497 e. The van der Waals surface area contributed by atoms with E-state index < -0.39 is 5.56 Å². The Morgan fingerprint density at radius 3 is 2.70 bits per heavy atom. The summed E-state index contributed by atoms with van der Waals surface area (Å²) in [5, 5.41) is 10.2. The summed E-state index contributed by atoms with van der Waals surface area (Å²) in [6.07, 6.45) is 4.68. The first kappa shape index (κ1) is 16.5. The number of hydrogen-bond acceptors (Lipinski definition) is 4. The molecule has 2 rings (SSSR count). The van der Waals surface area contributed by atoms with Crippen LogP contribution in [0.4, 0.5) is 0 Å². The predicted molar refractivity (Wildman–Crippen MR) is 93.2 cm³/mol. The van der Waals surface area contributed by atoms with Crippen LogP contribution in [0, 0.1) is 4.77 Å².